The molecule has 7 heterocycles. The number of aromatic nitrogens is 4. The Kier molecular flexibility index (Phi) is 6.65. The molecule has 0 saturated carbocycles. The van der Waals surface area contributed by atoms with E-state index in [1.807, 2.05) is 0 Å². The summed E-state index contributed by atoms with van der Waals surface area (Å²) < 4.78 is 77.1. The predicted octanol–water partition coefficient (Wildman–Crippen LogP) is 4.58. The average Bonchev–Trinajstić information content (AvgIpc) is 3.62. The Balaban J connectivity index is 1.33. The highest BCUT2D eigenvalue weighted by atomic mass is 19.4. The number of piperazine rings is 1. The van der Waals surface area contributed by atoms with Crippen LogP contribution < -0.4 is 20.7 Å². The number of fused-ring (bicyclic) bond motifs is 4. The Hall–Kier alpha value is -3.39. The topological polar surface area (TPSA) is 105 Å². The number of hydrogen-bond acceptors (Lipinski definition) is 9. The monoisotopic (exact) mass is 604 g/mol. The molecule has 230 valence electrons. The molecule has 3 aromatic heterocycles. The molecule has 0 aromatic carbocycles. The van der Waals surface area contributed by atoms with Gasteiger partial charge in [0, 0.05) is 25.3 Å². The Bertz CT molecular complexity index is 1560. The highest BCUT2D eigenvalue weighted by molar-refractivity contribution is 5.91. The van der Waals surface area contributed by atoms with E-state index in [9.17, 15) is 22.0 Å². The number of nitrogens with one attached hydrogen (secondary N) is 1. The first-order valence-electron chi connectivity index (χ1n) is 14.7. The van der Waals surface area contributed by atoms with Crippen LogP contribution in [0.2, 0.25) is 0 Å². The smallest absolute Gasteiger partial charge is 0.418 e. The van der Waals surface area contributed by atoms with Crippen LogP contribution in [0.5, 0.6) is 6.01 Å². The van der Waals surface area contributed by atoms with Gasteiger partial charge in [-0.2, -0.15) is 23.1 Å². The van der Waals surface area contributed by atoms with Crippen LogP contribution in [-0.4, -0.2) is 81.2 Å². The number of ether oxygens (including phenoxy) is 1. The van der Waals surface area contributed by atoms with Crippen LogP contribution in [0.1, 0.15) is 49.7 Å². The molecule has 4 fully saturated rings. The number of nitrogen functional groups attached to an aromatic ring is 1. The summed E-state index contributed by atoms with van der Waals surface area (Å²) in [6, 6.07) is 2.49. The number of nitrogens with zero attached hydrogens (tertiary/aromatic N) is 6. The second-order valence-corrected chi connectivity index (χ2v) is 12.4. The second-order valence-electron chi connectivity index (χ2n) is 12.4. The van der Waals surface area contributed by atoms with Crippen molar-refractivity contribution in [3.05, 3.63) is 29.5 Å². The lowest BCUT2D eigenvalue weighted by molar-refractivity contribution is -0.137. The number of aryl methyl sites for hydroxylation is 1. The van der Waals surface area contributed by atoms with Crippen molar-refractivity contribution in [3.8, 4) is 17.4 Å². The number of hydrogen-bond donors (Lipinski definition) is 2. The molecule has 4 saturated heterocycles. The Morgan fingerprint density at radius 3 is 2.60 bits per heavy atom. The van der Waals surface area contributed by atoms with Crippen molar-refractivity contribution in [1.82, 2.24) is 30.2 Å². The molecule has 0 aliphatic carbocycles. The zero-order valence-electron chi connectivity index (χ0n) is 23.7. The van der Waals surface area contributed by atoms with Gasteiger partial charge in [0.05, 0.1) is 33.2 Å². The van der Waals surface area contributed by atoms with Gasteiger partial charge in [-0.05, 0) is 76.2 Å². The van der Waals surface area contributed by atoms with Crippen molar-refractivity contribution < 1.29 is 26.7 Å². The number of pyridine rings is 2. The van der Waals surface area contributed by atoms with Gasteiger partial charge in [-0.15, -0.1) is 0 Å². The van der Waals surface area contributed by atoms with E-state index in [4.69, 9.17) is 15.5 Å². The van der Waals surface area contributed by atoms with E-state index in [2.05, 4.69) is 25.2 Å². The van der Waals surface area contributed by atoms with E-state index < -0.39 is 29.4 Å². The molecule has 3 aromatic rings. The third kappa shape index (κ3) is 4.82. The first-order valence-corrected chi connectivity index (χ1v) is 14.7. The number of anilines is 2. The van der Waals surface area contributed by atoms with Crippen LogP contribution in [0.15, 0.2) is 18.3 Å². The fourth-order valence-corrected chi connectivity index (χ4v) is 7.64. The molecule has 4 aliphatic rings. The largest absolute Gasteiger partial charge is 0.461 e. The minimum absolute atomic E-state index is 0.0143. The summed E-state index contributed by atoms with van der Waals surface area (Å²) in [5.74, 6) is 0.303. The zero-order chi connectivity index (χ0) is 30.1. The Morgan fingerprint density at radius 1 is 1.12 bits per heavy atom. The van der Waals surface area contributed by atoms with Gasteiger partial charge in [-0.1, -0.05) is 0 Å². The van der Waals surface area contributed by atoms with Crippen molar-refractivity contribution in [2.75, 3.05) is 43.4 Å². The summed E-state index contributed by atoms with van der Waals surface area (Å²) in [7, 11) is 0. The van der Waals surface area contributed by atoms with Gasteiger partial charge in [-0.25, -0.2) is 13.8 Å². The molecule has 0 spiro atoms. The van der Waals surface area contributed by atoms with Gasteiger partial charge >= 0.3 is 12.2 Å². The van der Waals surface area contributed by atoms with Gasteiger partial charge in [-0.3, -0.25) is 9.88 Å². The van der Waals surface area contributed by atoms with Crippen LogP contribution in [0.4, 0.5) is 33.6 Å². The number of rotatable bonds is 6. The number of halogens is 5. The molecule has 2 atom stereocenters. The summed E-state index contributed by atoms with van der Waals surface area (Å²) in [6.45, 7) is 4.16. The van der Waals surface area contributed by atoms with Gasteiger partial charge in [0.15, 0.2) is 0 Å². The molecular weight excluding hydrogens is 571 g/mol. The maximum Gasteiger partial charge on any atom is 0.418 e. The minimum Gasteiger partial charge on any atom is -0.461 e. The molecule has 7 rings (SSSR count). The Morgan fingerprint density at radius 2 is 1.88 bits per heavy atom. The van der Waals surface area contributed by atoms with E-state index >= 15 is 0 Å². The van der Waals surface area contributed by atoms with E-state index in [0.717, 1.165) is 38.8 Å². The van der Waals surface area contributed by atoms with Gasteiger partial charge in [0.1, 0.15) is 23.9 Å². The average molecular weight is 605 g/mol. The lowest BCUT2D eigenvalue weighted by Crippen LogP contribution is -2.63. The lowest BCUT2D eigenvalue weighted by Gasteiger charge is -2.41. The quantitative estimate of drug-likeness (QED) is 0.391. The van der Waals surface area contributed by atoms with Gasteiger partial charge < -0.3 is 20.7 Å². The van der Waals surface area contributed by atoms with Crippen molar-refractivity contribution in [1.29, 1.82) is 0 Å². The molecule has 9 nitrogen and oxygen atoms in total. The molecule has 4 aliphatic heterocycles. The van der Waals surface area contributed by atoms with Crippen LogP contribution in [0.3, 0.4) is 0 Å². The maximum atomic E-state index is 14.3. The molecule has 14 heteroatoms. The molecule has 2 bridgehead atoms. The maximum absolute atomic E-state index is 14.3. The summed E-state index contributed by atoms with van der Waals surface area (Å²) in [6.07, 6.45) is -0.799. The minimum atomic E-state index is -4.70. The standard InChI is InChI=1S/C29H33F5N8O/c1-16-10-21(35)38-23(22(16)29(32,33)34)20-11-19-18(12-36-20)24(41-13-17-4-7-28(14-41,40-17)25(30)31)39-26(37-19)43-15-27-5-2-8-42(27)9-3-6-27/h10-12,17,25,40H,2-9,13-15H2,1H3,(H2,35,38). The summed E-state index contributed by atoms with van der Waals surface area (Å²) in [5.41, 5.74) is 3.19. The van der Waals surface area contributed by atoms with E-state index in [1.54, 1.807) is 4.90 Å². The van der Waals surface area contributed by atoms with Gasteiger partial charge in [0.25, 0.3) is 6.43 Å². The van der Waals surface area contributed by atoms with Gasteiger partial charge in [0.2, 0.25) is 0 Å². The van der Waals surface area contributed by atoms with E-state index in [1.165, 1.54) is 25.3 Å². The normalized spacial score (nSPS) is 25.2. The number of nitrogens with two attached hydrogens (primary N) is 1. The van der Waals surface area contributed by atoms with Crippen LogP contribution in [-0.2, 0) is 6.18 Å². The van der Waals surface area contributed by atoms with Crippen molar-refractivity contribution in [2.45, 2.75) is 75.2 Å². The predicted molar refractivity (Wildman–Crippen MR) is 150 cm³/mol. The molecule has 3 N–H and O–H groups in total. The number of alkyl halides is 5. The van der Waals surface area contributed by atoms with Crippen LogP contribution in [0.25, 0.3) is 22.3 Å². The van der Waals surface area contributed by atoms with E-state index in [0.29, 0.717) is 37.2 Å². The van der Waals surface area contributed by atoms with Crippen molar-refractivity contribution >= 4 is 22.5 Å². The molecular formula is C29H33F5N8O. The highest BCUT2D eigenvalue weighted by Crippen LogP contribution is 2.42. The second kappa shape index (κ2) is 10.1. The third-order valence-electron chi connectivity index (χ3n) is 9.65. The molecule has 0 amide bonds. The lowest BCUT2D eigenvalue weighted by atomic mass is 9.95. The fraction of sp³-hybridized carbons (Fsp3) is 0.586. The highest BCUT2D eigenvalue weighted by Gasteiger charge is 2.51. The molecule has 0 radical (unpaired) electrons. The molecule has 2 unspecified atom stereocenters. The van der Waals surface area contributed by atoms with Crippen LogP contribution >= 0.6 is 0 Å². The third-order valence-corrected chi connectivity index (χ3v) is 9.65. The summed E-state index contributed by atoms with van der Waals surface area (Å²) in [4.78, 5) is 21.9. The fourth-order valence-electron chi connectivity index (χ4n) is 7.64. The van der Waals surface area contributed by atoms with Crippen molar-refractivity contribution in [3.63, 3.8) is 0 Å². The van der Waals surface area contributed by atoms with Crippen molar-refractivity contribution in [2.24, 2.45) is 0 Å². The van der Waals surface area contributed by atoms with Crippen LogP contribution in [0, 0.1) is 6.92 Å². The SMILES string of the molecule is Cc1cc(N)nc(-c2cc3nc(OCC45CCCN4CCC5)nc(N4CC5CCC(C(F)F)(C4)N5)c3cn2)c1C(F)(F)F. The zero-order valence-corrected chi connectivity index (χ0v) is 23.7. The summed E-state index contributed by atoms with van der Waals surface area (Å²) >= 11 is 0. The first kappa shape index (κ1) is 28.4. The first-order chi connectivity index (χ1) is 20.5. The summed E-state index contributed by atoms with van der Waals surface area (Å²) in [5, 5.41) is 3.53. The molecule has 43 heavy (non-hydrogen) atoms. The Labute approximate surface area is 245 Å². The van der Waals surface area contributed by atoms with E-state index in [-0.39, 0.29) is 46.7 Å².